The monoisotopic (exact) mass is 775 g/mol. The van der Waals surface area contributed by atoms with E-state index in [1.807, 2.05) is 24.3 Å². The molecule has 6 amide bonds. The number of aromatic nitrogens is 1. The fourth-order valence-corrected chi connectivity index (χ4v) is 5.14. The third-order valence-corrected chi connectivity index (χ3v) is 8.41. The van der Waals surface area contributed by atoms with Crippen LogP contribution in [0.5, 0.6) is 0 Å². The number of aliphatic hydroxyl groups excluding tert-OH is 2. The number of hydrazine groups is 1. The molecule has 0 aliphatic rings. The lowest BCUT2D eigenvalue weighted by Crippen LogP contribution is -2.58. The summed E-state index contributed by atoms with van der Waals surface area (Å²) < 4.78 is 0. The van der Waals surface area contributed by atoms with Crippen molar-refractivity contribution in [3.63, 3.8) is 0 Å². The lowest BCUT2D eigenvalue weighted by molar-refractivity contribution is -0.133. The topological polar surface area (TPSA) is 376 Å². The molecular weight excluding hydrogens is 722 g/mol. The number of hydrogen-bond donors (Lipinski definition) is 14. The number of benzene rings is 1. The van der Waals surface area contributed by atoms with Crippen LogP contribution in [0, 0.1) is 0 Å². The number of carbonyl (C=O) groups excluding carboxylic acids is 7. The molecule has 0 saturated carbocycles. The predicted octanol–water partition coefficient (Wildman–Crippen LogP) is -5.92. The van der Waals surface area contributed by atoms with Gasteiger partial charge in [0.05, 0.1) is 25.8 Å². The molecule has 18 N–H and O–H groups in total. The number of primary amides is 1. The summed E-state index contributed by atoms with van der Waals surface area (Å²) in [5, 5.41) is 35.0. The Bertz CT molecular complexity index is 1680. The molecule has 0 bridgehead atoms. The largest absolute Gasteiger partial charge is 0.394 e. The number of fused-ring (bicyclic) bond motifs is 1. The van der Waals surface area contributed by atoms with Crippen LogP contribution in [0.1, 0.15) is 39.2 Å². The molecule has 1 aromatic heterocycles. The SMILES string of the molecule is CC(N[C@@H](CO)C(=O)NC(C)C(=O)N[C@@H](CCCN=C(N)N)C(N)=O)C(=O)CNC(=O)[C@H](CO)NC(=O)[C@H](C)NC(=O)[C@H](Cc1c[nH]c2ccccc12)NN. The lowest BCUT2D eigenvalue weighted by Gasteiger charge is -2.24. The maximum atomic E-state index is 12.9. The highest BCUT2D eigenvalue weighted by atomic mass is 16.3. The van der Waals surface area contributed by atoms with Crippen molar-refractivity contribution in [1.29, 1.82) is 0 Å². The molecule has 0 aliphatic carbocycles. The molecule has 1 heterocycles. The average molecular weight is 776 g/mol. The number of Topliss-reactive ketones (excluding diaryl/α,β-unsaturated/α-hetero) is 1. The van der Waals surface area contributed by atoms with E-state index in [0.717, 1.165) is 16.5 Å². The molecule has 0 spiro atoms. The van der Waals surface area contributed by atoms with Gasteiger partial charge in [-0.05, 0) is 45.2 Å². The van der Waals surface area contributed by atoms with Gasteiger partial charge in [0.2, 0.25) is 35.4 Å². The van der Waals surface area contributed by atoms with Gasteiger partial charge in [-0.2, -0.15) is 0 Å². The number of carbonyl (C=O) groups is 7. The smallest absolute Gasteiger partial charge is 0.245 e. The number of aliphatic hydroxyl groups is 2. The van der Waals surface area contributed by atoms with Crippen molar-refractivity contribution >= 4 is 58.1 Å². The number of hydrogen-bond acceptors (Lipinski definition) is 13. The second-order valence-corrected chi connectivity index (χ2v) is 12.7. The van der Waals surface area contributed by atoms with Gasteiger partial charge in [0.25, 0.3) is 0 Å². The zero-order valence-electron chi connectivity index (χ0n) is 30.9. The Morgan fingerprint density at radius 1 is 0.745 bits per heavy atom. The van der Waals surface area contributed by atoms with E-state index >= 15 is 0 Å². The standard InChI is InChI=1S/C33H53N13O9/c1-16(41-25(15-48)32(55)43-17(2)28(51)44-22(27(34)50)9-6-10-38-33(35)36)26(49)13-40-30(53)24(14-47)45-29(52)18(3)42-31(54)23(46-37)11-19-12-39-21-8-5-4-7-20(19)21/h4-5,7-8,12,16-18,22-25,39,41,46-48H,6,9-11,13-15,37H2,1-3H3,(H2,34,50)(H,40,53)(H,42,54)(H,43,55)(H,44,51)(H,45,52)(H4,35,36,38)/t16?,17?,18-,22-,23-,24-,25-/m0/s1. The number of ketones is 1. The molecule has 2 aromatic rings. The summed E-state index contributed by atoms with van der Waals surface area (Å²) in [6.07, 6.45) is 2.40. The summed E-state index contributed by atoms with van der Waals surface area (Å²) in [5.74, 6) is 0.110. The minimum atomic E-state index is -1.49. The van der Waals surface area contributed by atoms with Crippen LogP contribution >= 0.6 is 0 Å². The Morgan fingerprint density at radius 3 is 1.89 bits per heavy atom. The number of amides is 6. The average Bonchev–Trinajstić information content (AvgIpc) is 3.56. The van der Waals surface area contributed by atoms with E-state index in [9.17, 15) is 43.8 Å². The molecule has 7 atom stereocenters. The first kappa shape index (κ1) is 45.5. The van der Waals surface area contributed by atoms with Crippen LogP contribution in [0.3, 0.4) is 0 Å². The fourth-order valence-electron chi connectivity index (χ4n) is 5.14. The zero-order valence-corrected chi connectivity index (χ0v) is 30.9. The Hall–Kier alpha value is -5.68. The maximum absolute atomic E-state index is 12.9. The molecule has 0 saturated heterocycles. The molecule has 22 nitrogen and oxygen atoms in total. The van der Waals surface area contributed by atoms with E-state index in [1.54, 1.807) is 6.20 Å². The summed E-state index contributed by atoms with van der Waals surface area (Å²) >= 11 is 0. The first-order valence-electron chi connectivity index (χ1n) is 17.4. The van der Waals surface area contributed by atoms with Gasteiger partial charge >= 0.3 is 0 Å². The maximum Gasteiger partial charge on any atom is 0.245 e. The summed E-state index contributed by atoms with van der Waals surface area (Å²) in [5.41, 5.74) is 20.0. The van der Waals surface area contributed by atoms with Crippen molar-refractivity contribution in [3.05, 3.63) is 36.0 Å². The van der Waals surface area contributed by atoms with E-state index in [2.05, 4.69) is 47.3 Å². The van der Waals surface area contributed by atoms with E-state index in [1.165, 1.54) is 20.8 Å². The number of H-pyrrole nitrogens is 1. The number of nitrogens with two attached hydrogens (primary N) is 4. The van der Waals surface area contributed by atoms with Gasteiger partial charge in [0.1, 0.15) is 36.3 Å². The van der Waals surface area contributed by atoms with Gasteiger partial charge in [0, 0.05) is 30.1 Å². The molecule has 55 heavy (non-hydrogen) atoms. The highest BCUT2D eigenvalue weighted by molar-refractivity contribution is 5.96. The Balaban J connectivity index is 1.84. The third-order valence-electron chi connectivity index (χ3n) is 8.41. The Labute approximate surface area is 316 Å². The first-order valence-corrected chi connectivity index (χ1v) is 17.4. The van der Waals surface area contributed by atoms with Crippen LogP contribution in [0.15, 0.2) is 35.5 Å². The second kappa shape index (κ2) is 22.5. The van der Waals surface area contributed by atoms with Crippen molar-refractivity contribution in [2.24, 2.45) is 28.0 Å². The molecule has 0 aliphatic heterocycles. The molecule has 0 radical (unpaired) electrons. The normalized spacial score (nSPS) is 14.9. The van der Waals surface area contributed by atoms with Crippen LogP contribution in [0.2, 0.25) is 0 Å². The van der Waals surface area contributed by atoms with E-state index in [4.69, 9.17) is 23.0 Å². The van der Waals surface area contributed by atoms with Crippen LogP contribution in [0.4, 0.5) is 0 Å². The fraction of sp³-hybridized carbons (Fsp3) is 0.515. The summed E-state index contributed by atoms with van der Waals surface area (Å²) in [6, 6.07) is -0.794. The molecule has 1 aromatic carbocycles. The lowest BCUT2D eigenvalue weighted by atomic mass is 10.0. The van der Waals surface area contributed by atoms with Crippen LogP contribution in [-0.4, -0.2) is 131 Å². The van der Waals surface area contributed by atoms with Crippen LogP contribution < -0.4 is 60.4 Å². The summed E-state index contributed by atoms with van der Waals surface area (Å²) in [7, 11) is 0. The number of aromatic amines is 1. The molecule has 22 heteroatoms. The number of rotatable bonds is 24. The van der Waals surface area contributed by atoms with E-state index in [0.29, 0.717) is 6.42 Å². The van der Waals surface area contributed by atoms with Gasteiger partial charge < -0.3 is 59.0 Å². The van der Waals surface area contributed by atoms with Gasteiger partial charge in [-0.25, -0.2) is 5.43 Å². The third kappa shape index (κ3) is 14.6. The summed E-state index contributed by atoms with van der Waals surface area (Å²) in [6.45, 7) is 2.03. The van der Waals surface area contributed by atoms with Crippen molar-refractivity contribution in [1.82, 2.24) is 42.3 Å². The highest BCUT2D eigenvalue weighted by Gasteiger charge is 2.29. The minimum absolute atomic E-state index is 0.124. The van der Waals surface area contributed by atoms with E-state index in [-0.39, 0.29) is 25.3 Å². The van der Waals surface area contributed by atoms with Gasteiger partial charge in [-0.3, -0.25) is 49.7 Å². The molecule has 0 fully saturated rings. The molecular formula is C33H53N13O9. The quantitative estimate of drug-likeness (QED) is 0.0155. The number of guanidine groups is 1. The summed E-state index contributed by atoms with van der Waals surface area (Å²) in [4.78, 5) is 95.4. The minimum Gasteiger partial charge on any atom is -0.394 e. The number of aliphatic imine (C=N–C) groups is 1. The highest BCUT2D eigenvalue weighted by Crippen LogP contribution is 2.19. The Morgan fingerprint density at radius 2 is 1.33 bits per heavy atom. The van der Waals surface area contributed by atoms with Crippen LogP contribution in [0.25, 0.3) is 10.9 Å². The van der Waals surface area contributed by atoms with E-state index < -0.39 is 103 Å². The first-order chi connectivity index (χ1) is 26.0. The van der Waals surface area contributed by atoms with Crippen LogP contribution in [-0.2, 0) is 40.0 Å². The van der Waals surface area contributed by atoms with Crippen molar-refractivity contribution in [3.8, 4) is 0 Å². The number of nitrogens with zero attached hydrogens (tertiary/aromatic N) is 1. The van der Waals surface area contributed by atoms with Crippen molar-refractivity contribution < 1.29 is 43.8 Å². The zero-order chi connectivity index (χ0) is 41.2. The Kier molecular flexibility index (Phi) is 18.6. The van der Waals surface area contributed by atoms with Crippen molar-refractivity contribution in [2.75, 3.05) is 26.3 Å². The second-order valence-electron chi connectivity index (χ2n) is 12.7. The van der Waals surface area contributed by atoms with Gasteiger partial charge in [-0.1, -0.05) is 18.2 Å². The van der Waals surface area contributed by atoms with Gasteiger partial charge in [-0.15, -0.1) is 0 Å². The van der Waals surface area contributed by atoms with Gasteiger partial charge in [0.15, 0.2) is 11.7 Å². The predicted molar refractivity (Wildman–Crippen MR) is 200 cm³/mol. The molecule has 2 rings (SSSR count). The van der Waals surface area contributed by atoms with Crippen molar-refractivity contribution in [2.45, 2.75) is 82.3 Å². The molecule has 2 unspecified atom stereocenters. The number of para-hydroxylation sites is 1. The molecule has 304 valence electrons. The number of nitrogens with one attached hydrogen (secondary N) is 8.